The van der Waals surface area contributed by atoms with Crippen molar-refractivity contribution in [3.05, 3.63) is 35.4 Å². The van der Waals surface area contributed by atoms with Crippen LogP contribution in [0.2, 0.25) is 0 Å². The van der Waals surface area contributed by atoms with Crippen LogP contribution in [0.1, 0.15) is 51.3 Å². The zero-order valence-corrected chi connectivity index (χ0v) is 11.4. The third-order valence-electron chi connectivity index (χ3n) is 3.43. The fourth-order valence-corrected chi connectivity index (χ4v) is 2.04. The van der Waals surface area contributed by atoms with E-state index in [4.69, 9.17) is 4.74 Å². The van der Waals surface area contributed by atoms with Gasteiger partial charge < -0.3 is 9.84 Å². The van der Waals surface area contributed by atoms with E-state index in [9.17, 15) is 5.11 Å². The van der Waals surface area contributed by atoms with E-state index >= 15 is 0 Å². The molecular formula is C15H24O2. The van der Waals surface area contributed by atoms with Gasteiger partial charge in [-0.3, -0.25) is 0 Å². The van der Waals surface area contributed by atoms with E-state index < -0.39 is 11.7 Å². The van der Waals surface area contributed by atoms with Crippen LogP contribution in [-0.4, -0.2) is 17.3 Å². The lowest BCUT2D eigenvalue weighted by atomic mass is 9.89. The molecule has 2 unspecified atom stereocenters. The molecular weight excluding hydrogens is 212 g/mol. The standard InChI is InChI=1S/C15H24O2/c1-5-12-9-8-10-13(11-12)14(16)15(4,6-2)17-7-3/h8-11,14,16H,5-7H2,1-4H3. The van der Waals surface area contributed by atoms with E-state index in [1.54, 1.807) is 0 Å². The number of benzene rings is 1. The van der Waals surface area contributed by atoms with Gasteiger partial charge in [-0.2, -0.15) is 0 Å². The first kappa shape index (κ1) is 14.2. The molecule has 0 spiro atoms. The molecule has 0 radical (unpaired) electrons. The Bertz CT molecular complexity index is 349. The summed E-state index contributed by atoms with van der Waals surface area (Å²) in [5.74, 6) is 0. The zero-order valence-electron chi connectivity index (χ0n) is 11.4. The molecule has 0 fully saturated rings. The molecule has 0 bridgehead atoms. The number of aliphatic hydroxyl groups excluding tert-OH is 1. The molecule has 0 saturated heterocycles. The Morgan fingerprint density at radius 1 is 1.29 bits per heavy atom. The van der Waals surface area contributed by atoms with Crippen molar-refractivity contribution in [2.45, 2.75) is 52.2 Å². The summed E-state index contributed by atoms with van der Waals surface area (Å²) in [6.45, 7) is 8.72. The normalized spacial score (nSPS) is 16.5. The van der Waals surface area contributed by atoms with Gasteiger partial charge in [-0.1, -0.05) is 38.1 Å². The van der Waals surface area contributed by atoms with E-state index in [0.29, 0.717) is 6.61 Å². The molecule has 96 valence electrons. The zero-order chi connectivity index (χ0) is 12.9. The highest BCUT2D eigenvalue weighted by Crippen LogP contribution is 2.32. The molecule has 0 aliphatic heterocycles. The molecule has 2 nitrogen and oxygen atoms in total. The van der Waals surface area contributed by atoms with Crippen molar-refractivity contribution < 1.29 is 9.84 Å². The second kappa shape index (κ2) is 6.18. The number of hydrogen-bond acceptors (Lipinski definition) is 2. The first-order chi connectivity index (χ1) is 8.07. The highest BCUT2D eigenvalue weighted by molar-refractivity contribution is 5.26. The van der Waals surface area contributed by atoms with Crippen LogP contribution < -0.4 is 0 Å². The monoisotopic (exact) mass is 236 g/mol. The lowest BCUT2D eigenvalue weighted by Crippen LogP contribution is -2.35. The van der Waals surface area contributed by atoms with Gasteiger partial charge in [0.1, 0.15) is 6.10 Å². The maximum atomic E-state index is 10.5. The Hall–Kier alpha value is -0.860. The highest BCUT2D eigenvalue weighted by atomic mass is 16.5. The highest BCUT2D eigenvalue weighted by Gasteiger charge is 2.32. The Morgan fingerprint density at radius 3 is 2.53 bits per heavy atom. The van der Waals surface area contributed by atoms with Gasteiger partial charge in [0.25, 0.3) is 0 Å². The maximum absolute atomic E-state index is 10.5. The van der Waals surface area contributed by atoms with Crippen LogP contribution in [0.4, 0.5) is 0 Å². The number of ether oxygens (including phenoxy) is 1. The van der Waals surface area contributed by atoms with Crippen molar-refractivity contribution in [1.29, 1.82) is 0 Å². The topological polar surface area (TPSA) is 29.5 Å². The number of aliphatic hydroxyl groups is 1. The van der Waals surface area contributed by atoms with Gasteiger partial charge in [0.05, 0.1) is 5.60 Å². The number of rotatable bonds is 6. The molecule has 2 atom stereocenters. The van der Waals surface area contributed by atoms with Crippen LogP contribution in [0.15, 0.2) is 24.3 Å². The molecule has 0 amide bonds. The minimum Gasteiger partial charge on any atom is -0.385 e. The number of aryl methyl sites for hydroxylation is 1. The Labute approximate surface area is 105 Å². The SMILES string of the molecule is CCOC(C)(CC)C(O)c1cccc(CC)c1. The fraction of sp³-hybridized carbons (Fsp3) is 0.600. The summed E-state index contributed by atoms with van der Waals surface area (Å²) >= 11 is 0. The summed E-state index contributed by atoms with van der Waals surface area (Å²) < 4.78 is 5.72. The van der Waals surface area contributed by atoms with Gasteiger partial charge in [-0.05, 0) is 37.8 Å². The Morgan fingerprint density at radius 2 is 2.00 bits per heavy atom. The van der Waals surface area contributed by atoms with Crippen LogP contribution in [0.5, 0.6) is 0 Å². The number of hydrogen-bond donors (Lipinski definition) is 1. The summed E-state index contributed by atoms with van der Waals surface area (Å²) in [5, 5.41) is 10.5. The van der Waals surface area contributed by atoms with Gasteiger partial charge in [0, 0.05) is 6.61 Å². The lowest BCUT2D eigenvalue weighted by Gasteiger charge is -2.33. The minimum atomic E-state index is -0.570. The molecule has 1 rings (SSSR count). The average Bonchev–Trinajstić information content (AvgIpc) is 2.38. The molecule has 17 heavy (non-hydrogen) atoms. The largest absolute Gasteiger partial charge is 0.385 e. The molecule has 0 heterocycles. The maximum Gasteiger partial charge on any atom is 0.108 e. The van der Waals surface area contributed by atoms with Gasteiger partial charge in [0.2, 0.25) is 0 Å². The molecule has 1 aromatic carbocycles. The smallest absolute Gasteiger partial charge is 0.108 e. The predicted molar refractivity (Wildman–Crippen MR) is 71.1 cm³/mol. The lowest BCUT2D eigenvalue weighted by molar-refractivity contribution is -0.113. The third-order valence-corrected chi connectivity index (χ3v) is 3.43. The van der Waals surface area contributed by atoms with Crippen LogP contribution in [0, 0.1) is 0 Å². The summed E-state index contributed by atoms with van der Waals surface area (Å²) in [4.78, 5) is 0. The first-order valence-corrected chi connectivity index (χ1v) is 6.48. The summed E-state index contributed by atoms with van der Waals surface area (Å²) in [7, 11) is 0. The minimum absolute atomic E-state index is 0.499. The Balaban J connectivity index is 2.96. The summed E-state index contributed by atoms with van der Waals surface area (Å²) in [6, 6.07) is 8.12. The van der Waals surface area contributed by atoms with Crippen LogP contribution in [0.25, 0.3) is 0 Å². The fourth-order valence-electron chi connectivity index (χ4n) is 2.04. The van der Waals surface area contributed by atoms with Crippen LogP contribution >= 0.6 is 0 Å². The average molecular weight is 236 g/mol. The van der Waals surface area contributed by atoms with E-state index in [-0.39, 0.29) is 0 Å². The molecule has 1 aromatic rings. The quantitative estimate of drug-likeness (QED) is 0.819. The molecule has 0 aliphatic rings. The van der Waals surface area contributed by atoms with E-state index in [1.807, 2.05) is 32.9 Å². The predicted octanol–water partition coefficient (Wildman–Crippen LogP) is 3.49. The third kappa shape index (κ3) is 3.30. The van der Waals surface area contributed by atoms with Crippen molar-refractivity contribution in [2.75, 3.05) is 6.61 Å². The van der Waals surface area contributed by atoms with E-state index in [2.05, 4.69) is 19.1 Å². The van der Waals surface area contributed by atoms with E-state index in [0.717, 1.165) is 18.4 Å². The van der Waals surface area contributed by atoms with Gasteiger partial charge in [0.15, 0.2) is 0 Å². The summed E-state index contributed by atoms with van der Waals surface area (Å²) in [6.07, 6.45) is 1.20. The molecule has 0 aliphatic carbocycles. The molecule has 1 N–H and O–H groups in total. The molecule has 0 aromatic heterocycles. The van der Waals surface area contributed by atoms with Crippen LogP contribution in [-0.2, 0) is 11.2 Å². The van der Waals surface area contributed by atoms with E-state index in [1.165, 1.54) is 5.56 Å². The first-order valence-electron chi connectivity index (χ1n) is 6.48. The molecule has 2 heteroatoms. The van der Waals surface area contributed by atoms with Crippen molar-refractivity contribution in [2.24, 2.45) is 0 Å². The van der Waals surface area contributed by atoms with Gasteiger partial charge in [-0.25, -0.2) is 0 Å². The van der Waals surface area contributed by atoms with Crippen molar-refractivity contribution in [3.8, 4) is 0 Å². The van der Waals surface area contributed by atoms with Gasteiger partial charge in [-0.15, -0.1) is 0 Å². The van der Waals surface area contributed by atoms with Crippen molar-refractivity contribution in [3.63, 3.8) is 0 Å². The van der Waals surface area contributed by atoms with Gasteiger partial charge >= 0.3 is 0 Å². The summed E-state index contributed by atoms with van der Waals surface area (Å²) in [5.41, 5.74) is 1.69. The molecule has 0 saturated carbocycles. The second-order valence-electron chi connectivity index (χ2n) is 4.60. The Kier molecular flexibility index (Phi) is 5.16. The van der Waals surface area contributed by atoms with Crippen LogP contribution in [0.3, 0.4) is 0 Å². The van der Waals surface area contributed by atoms with Crippen molar-refractivity contribution >= 4 is 0 Å². The second-order valence-corrected chi connectivity index (χ2v) is 4.60. The van der Waals surface area contributed by atoms with Crippen molar-refractivity contribution in [1.82, 2.24) is 0 Å².